The van der Waals surface area contributed by atoms with E-state index in [-0.39, 0.29) is 18.5 Å². The van der Waals surface area contributed by atoms with Crippen molar-refractivity contribution in [2.75, 3.05) is 20.2 Å². The molecule has 7 heteroatoms. The van der Waals surface area contributed by atoms with Gasteiger partial charge in [-0.15, -0.1) is 0 Å². The molecule has 0 bridgehead atoms. The summed E-state index contributed by atoms with van der Waals surface area (Å²) in [6, 6.07) is 7.85. The minimum Gasteiger partial charge on any atom is -0.452 e. The summed E-state index contributed by atoms with van der Waals surface area (Å²) in [6.45, 7) is 3.31. The third kappa shape index (κ3) is 4.47. The molecule has 148 valence electrons. The number of esters is 1. The summed E-state index contributed by atoms with van der Waals surface area (Å²) in [5.41, 5.74) is 2.66. The maximum atomic E-state index is 12.7. The van der Waals surface area contributed by atoms with Gasteiger partial charge >= 0.3 is 5.97 Å². The van der Waals surface area contributed by atoms with Crippen molar-refractivity contribution in [3.63, 3.8) is 0 Å². The summed E-state index contributed by atoms with van der Waals surface area (Å²) >= 11 is 0. The predicted octanol–water partition coefficient (Wildman–Crippen LogP) is 2.00. The van der Waals surface area contributed by atoms with Gasteiger partial charge in [0.15, 0.2) is 6.61 Å². The van der Waals surface area contributed by atoms with Crippen molar-refractivity contribution in [3.8, 4) is 0 Å². The minimum absolute atomic E-state index is 0.0519. The van der Waals surface area contributed by atoms with Gasteiger partial charge in [0, 0.05) is 18.5 Å². The van der Waals surface area contributed by atoms with Crippen LogP contribution < -0.4 is 5.32 Å². The highest BCUT2D eigenvalue weighted by atomic mass is 16.5. The lowest BCUT2D eigenvalue weighted by Gasteiger charge is -2.17. The van der Waals surface area contributed by atoms with E-state index in [2.05, 4.69) is 10.3 Å². The average Bonchev–Trinajstić information content (AvgIpc) is 3.49. The molecule has 0 aliphatic heterocycles. The molecule has 2 amide bonds. The first kappa shape index (κ1) is 19.8. The largest absolute Gasteiger partial charge is 0.452 e. The van der Waals surface area contributed by atoms with Crippen molar-refractivity contribution in [3.05, 3.63) is 41.1 Å². The van der Waals surface area contributed by atoms with Crippen LogP contribution in [0.25, 0.3) is 10.9 Å². The van der Waals surface area contributed by atoms with Crippen LogP contribution in [0.1, 0.15) is 41.4 Å². The highest BCUT2D eigenvalue weighted by Crippen LogP contribution is 2.24. The van der Waals surface area contributed by atoms with Crippen molar-refractivity contribution in [1.82, 2.24) is 15.2 Å². The molecule has 1 aromatic carbocycles. The highest BCUT2D eigenvalue weighted by molar-refractivity contribution is 5.99. The Morgan fingerprint density at radius 1 is 1.25 bits per heavy atom. The quantitative estimate of drug-likeness (QED) is 0.739. The van der Waals surface area contributed by atoms with Gasteiger partial charge in [0.05, 0.1) is 23.3 Å². The Hall–Kier alpha value is -2.96. The van der Waals surface area contributed by atoms with E-state index in [4.69, 9.17) is 4.74 Å². The summed E-state index contributed by atoms with van der Waals surface area (Å²) in [5, 5.41) is 3.70. The lowest BCUT2D eigenvalue weighted by Crippen LogP contribution is -2.40. The Balaban J connectivity index is 1.66. The lowest BCUT2D eigenvalue weighted by molar-refractivity contribution is -0.137. The second-order valence-electron chi connectivity index (χ2n) is 7.10. The fourth-order valence-electron chi connectivity index (χ4n) is 3.08. The third-order valence-electron chi connectivity index (χ3n) is 4.84. The van der Waals surface area contributed by atoms with Gasteiger partial charge in [-0.05, 0) is 37.8 Å². The zero-order valence-electron chi connectivity index (χ0n) is 16.4. The summed E-state index contributed by atoms with van der Waals surface area (Å²) in [6.07, 6.45) is 2.55. The molecule has 1 fully saturated rings. The van der Waals surface area contributed by atoms with Crippen molar-refractivity contribution in [2.24, 2.45) is 0 Å². The van der Waals surface area contributed by atoms with Gasteiger partial charge in [-0.3, -0.25) is 14.6 Å². The number of aryl methyl sites for hydroxylation is 2. The van der Waals surface area contributed by atoms with Crippen molar-refractivity contribution >= 4 is 28.7 Å². The zero-order valence-corrected chi connectivity index (χ0v) is 16.4. The number of rotatable bonds is 7. The maximum absolute atomic E-state index is 12.7. The summed E-state index contributed by atoms with van der Waals surface area (Å²) in [7, 11) is 1.52. The van der Waals surface area contributed by atoms with Gasteiger partial charge in [0.25, 0.3) is 5.91 Å². The van der Waals surface area contributed by atoms with Gasteiger partial charge < -0.3 is 15.0 Å². The van der Waals surface area contributed by atoms with Gasteiger partial charge in [0.2, 0.25) is 5.91 Å². The number of pyridine rings is 1. The molecule has 2 aromatic rings. The smallest absolute Gasteiger partial charge is 0.340 e. The molecule has 1 N–H and O–H groups in total. The van der Waals surface area contributed by atoms with Crippen molar-refractivity contribution in [1.29, 1.82) is 0 Å². The Bertz CT molecular complexity index is 921. The Labute approximate surface area is 164 Å². The topological polar surface area (TPSA) is 88.6 Å². The second-order valence-corrected chi connectivity index (χ2v) is 7.10. The number of hydrogen-bond acceptors (Lipinski definition) is 5. The fourth-order valence-corrected chi connectivity index (χ4v) is 3.08. The molecular weight excluding hydrogens is 358 g/mol. The minimum atomic E-state index is -0.572. The number of nitrogens with zero attached hydrogens (tertiary/aromatic N) is 2. The Morgan fingerprint density at radius 2 is 1.96 bits per heavy atom. The predicted molar refractivity (Wildman–Crippen MR) is 105 cm³/mol. The number of benzene rings is 1. The first-order valence-electron chi connectivity index (χ1n) is 9.49. The molecule has 0 saturated heterocycles. The van der Waals surface area contributed by atoms with E-state index in [0.29, 0.717) is 17.7 Å². The van der Waals surface area contributed by atoms with Gasteiger partial charge in [-0.2, -0.15) is 0 Å². The second kappa shape index (κ2) is 8.37. The number of likely N-dealkylation sites (N-methyl/N-ethyl adjacent to an activating group) is 1. The van der Waals surface area contributed by atoms with Crippen molar-refractivity contribution in [2.45, 2.75) is 39.2 Å². The number of carbonyl (C=O) groups excluding carboxylic acids is 3. The zero-order chi connectivity index (χ0) is 20.3. The number of nitrogens with one attached hydrogen (secondary N) is 1. The molecule has 1 aliphatic carbocycles. The van der Waals surface area contributed by atoms with E-state index in [1.54, 1.807) is 0 Å². The standard InChI is InChI=1S/C21H25N3O4/c1-4-16-20(13(2)15-7-5-6-8-17(15)23-16)21(27)28-12-19(26)24(3)11-18(25)22-14-9-10-14/h5-8,14H,4,9-12H2,1-3H3,(H,22,25). The lowest BCUT2D eigenvalue weighted by atomic mass is 10.0. The molecule has 1 saturated carbocycles. The number of fused-ring (bicyclic) bond motifs is 1. The number of amides is 2. The Kier molecular flexibility index (Phi) is 5.92. The molecule has 1 heterocycles. The molecule has 0 unspecified atom stereocenters. The first-order chi connectivity index (χ1) is 13.4. The van der Waals surface area contributed by atoms with Crippen LogP contribution in [0.15, 0.2) is 24.3 Å². The molecule has 28 heavy (non-hydrogen) atoms. The van der Waals surface area contributed by atoms with Crippen LogP contribution >= 0.6 is 0 Å². The fraction of sp³-hybridized carbons (Fsp3) is 0.429. The molecule has 1 aromatic heterocycles. The van der Waals surface area contributed by atoms with E-state index < -0.39 is 18.5 Å². The Morgan fingerprint density at radius 3 is 2.64 bits per heavy atom. The molecule has 0 spiro atoms. The average molecular weight is 383 g/mol. The number of hydrogen-bond donors (Lipinski definition) is 1. The molecular formula is C21H25N3O4. The molecule has 3 rings (SSSR count). The molecule has 0 radical (unpaired) electrons. The van der Waals surface area contributed by atoms with Gasteiger partial charge in [-0.25, -0.2) is 4.79 Å². The summed E-state index contributed by atoms with van der Waals surface area (Å²) in [4.78, 5) is 42.5. The number of ether oxygens (including phenoxy) is 1. The first-order valence-corrected chi connectivity index (χ1v) is 9.49. The van der Waals surface area contributed by atoms with Crippen LogP contribution in [0.4, 0.5) is 0 Å². The maximum Gasteiger partial charge on any atom is 0.340 e. The third-order valence-corrected chi connectivity index (χ3v) is 4.84. The van der Waals surface area contributed by atoms with Crippen LogP contribution in [0.2, 0.25) is 0 Å². The monoisotopic (exact) mass is 383 g/mol. The summed E-state index contributed by atoms with van der Waals surface area (Å²) in [5.74, 6) is -1.20. The van der Waals surface area contributed by atoms with E-state index in [0.717, 1.165) is 29.3 Å². The van der Waals surface area contributed by atoms with Crippen LogP contribution in [-0.2, 0) is 20.7 Å². The highest BCUT2D eigenvalue weighted by Gasteiger charge is 2.25. The van der Waals surface area contributed by atoms with Crippen LogP contribution in [0.5, 0.6) is 0 Å². The molecule has 0 atom stereocenters. The van der Waals surface area contributed by atoms with E-state index >= 15 is 0 Å². The molecule has 1 aliphatic rings. The number of carbonyl (C=O) groups is 3. The number of para-hydroxylation sites is 1. The van der Waals surface area contributed by atoms with Crippen molar-refractivity contribution < 1.29 is 19.1 Å². The van der Waals surface area contributed by atoms with Crippen LogP contribution in [-0.4, -0.2) is 53.9 Å². The van der Waals surface area contributed by atoms with E-state index in [1.165, 1.54) is 11.9 Å². The number of aromatic nitrogens is 1. The molecule has 7 nitrogen and oxygen atoms in total. The van der Waals surface area contributed by atoms with Crippen LogP contribution in [0.3, 0.4) is 0 Å². The normalized spacial score (nSPS) is 13.2. The van der Waals surface area contributed by atoms with Gasteiger partial charge in [-0.1, -0.05) is 25.1 Å². The van der Waals surface area contributed by atoms with Crippen LogP contribution in [0, 0.1) is 6.92 Å². The summed E-state index contributed by atoms with van der Waals surface area (Å²) < 4.78 is 5.26. The SMILES string of the molecule is CCc1nc2ccccc2c(C)c1C(=O)OCC(=O)N(C)CC(=O)NC1CC1. The van der Waals surface area contributed by atoms with Gasteiger partial charge in [0.1, 0.15) is 0 Å². The van der Waals surface area contributed by atoms with E-state index in [9.17, 15) is 14.4 Å². The van der Waals surface area contributed by atoms with E-state index in [1.807, 2.05) is 38.1 Å².